The summed E-state index contributed by atoms with van der Waals surface area (Å²) >= 11 is 11.5. The Hall–Kier alpha value is -0.0700. The van der Waals surface area contributed by atoms with Crippen LogP contribution in [0.15, 0.2) is 0 Å². The number of nitrogens with one attached hydrogen (secondary N) is 4. The molecule has 5 nitrogen and oxygen atoms in total. The molecule has 0 aliphatic carbocycles. The summed E-state index contributed by atoms with van der Waals surface area (Å²) in [5, 5.41) is 12.1. The van der Waals surface area contributed by atoms with Gasteiger partial charge in [-0.1, -0.05) is 0 Å². The van der Waals surface area contributed by atoms with Gasteiger partial charge < -0.3 is 5.32 Å². The summed E-state index contributed by atoms with van der Waals surface area (Å²) in [4.78, 5) is 10.6. The number of halogens is 2. The number of carbonyl (C=O) groups is 1. The second-order valence-corrected chi connectivity index (χ2v) is 5.09. The second-order valence-electron chi connectivity index (χ2n) is 3.99. The van der Waals surface area contributed by atoms with Crippen molar-refractivity contribution in [2.24, 2.45) is 0 Å². The molecule has 0 aromatic carbocycles. The van der Waals surface area contributed by atoms with E-state index in [9.17, 15) is 4.79 Å². The van der Waals surface area contributed by atoms with Crippen LogP contribution in [0.4, 0.5) is 0 Å². The summed E-state index contributed by atoms with van der Waals surface area (Å²) in [6, 6.07) is 0. The molecule has 7 heteroatoms. The fraction of sp³-hybridized carbons (Fsp3) is 0.900. The van der Waals surface area contributed by atoms with Crippen LogP contribution in [0.1, 0.15) is 13.3 Å². The van der Waals surface area contributed by atoms with Gasteiger partial charge in [0.05, 0.1) is 5.88 Å². The molecule has 0 rings (SSSR count). The molecule has 0 saturated heterocycles. The Balaban J connectivity index is 4.19. The number of carbonyl (C=O) groups excluding carboxylic acids is 1. The van der Waals surface area contributed by atoms with Gasteiger partial charge in [-0.25, -0.2) is 0 Å². The fourth-order valence-corrected chi connectivity index (χ4v) is 1.55. The van der Waals surface area contributed by atoms with Crippen LogP contribution in [0.2, 0.25) is 0 Å². The number of alkyl halides is 2. The number of rotatable bonds is 8. The maximum atomic E-state index is 11.7. The van der Waals surface area contributed by atoms with Crippen molar-refractivity contribution in [2.75, 3.05) is 33.6 Å². The molecule has 0 aromatic heterocycles. The highest BCUT2D eigenvalue weighted by Crippen LogP contribution is 2.16. The van der Waals surface area contributed by atoms with E-state index in [2.05, 4.69) is 21.3 Å². The summed E-state index contributed by atoms with van der Waals surface area (Å²) in [6.45, 7) is 2.08. The van der Waals surface area contributed by atoms with Gasteiger partial charge in [0.25, 0.3) is 0 Å². The van der Waals surface area contributed by atoms with E-state index >= 15 is 0 Å². The third-order valence-electron chi connectivity index (χ3n) is 2.79. The van der Waals surface area contributed by atoms with Crippen molar-refractivity contribution < 1.29 is 4.79 Å². The Morgan fingerprint density at radius 3 is 2.00 bits per heavy atom. The Bertz CT molecular complexity index is 236. The third-order valence-corrected chi connectivity index (χ3v) is 3.77. The van der Waals surface area contributed by atoms with Gasteiger partial charge in [0.1, 0.15) is 10.7 Å². The molecular weight excluding hydrogens is 263 g/mol. The maximum absolute atomic E-state index is 11.7. The lowest BCUT2D eigenvalue weighted by Crippen LogP contribution is -2.64. The molecule has 4 N–H and O–H groups in total. The van der Waals surface area contributed by atoms with E-state index < -0.39 is 10.7 Å². The van der Waals surface area contributed by atoms with Crippen LogP contribution in [0.3, 0.4) is 0 Å². The van der Waals surface area contributed by atoms with E-state index in [1.807, 2.05) is 21.1 Å². The van der Waals surface area contributed by atoms with Crippen molar-refractivity contribution in [2.45, 2.75) is 24.0 Å². The zero-order valence-electron chi connectivity index (χ0n) is 10.8. The largest absolute Gasteiger partial charge is 0.354 e. The van der Waals surface area contributed by atoms with E-state index in [0.29, 0.717) is 13.0 Å². The zero-order valence-corrected chi connectivity index (χ0v) is 12.3. The molecule has 17 heavy (non-hydrogen) atoms. The molecule has 1 atom stereocenters. The minimum Gasteiger partial charge on any atom is -0.354 e. The standard InChI is InChI=1S/C10H22Cl2N4O/c1-9(12,7-11)8(17)16-6-5-10(13-2,14-3)15-4/h13-15H,5-7H2,1-4H3,(H,16,17). The van der Waals surface area contributed by atoms with Crippen molar-refractivity contribution in [1.82, 2.24) is 21.3 Å². The van der Waals surface area contributed by atoms with Crippen LogP contribution in [0.25, 0.3) is 0 Å². The molecule has 102 valence electrons. The van der Waals surface area contributed by atoms with Crippen molar-refractivity contribution in [1.29, 1.82) is 0 Å². The Labute approximate surface area is 113 Å². The van der Waals surface area contributed by atoms with Gasteiger partial charge in [0, 0.05) is 13.0 Å². The molecular formula is C10H22Cl2N4O. The van der Waals surface area contributed by atoms with Crippen molar-refractivity contribution in [3.8, 4) is 0 Å². The minimum absolute atomic E-state index is 0.0790. The van der Waals surface area contributed by atoms with Crippen LogP contribution < -0.4 is 21.3 Å². The third kappa shape index (κ3) is 4.97. The maximum Gasteiger partial charge on any atom is 0.242 e. The van der Waals surface area contributed by atoms with E-state index in [1.54, 1.807) is 6.92 Å². The van der Waals surface area contributed by atoms with Crippen LogP contribution in [-0.4, -0.2) is 50.1 Å². The van der Waals surface area contributed by atoms with Gasteiger partial charge in [0.2, 0.25) is 5.91 Å². The first-order chi connectivity index (χ1) is 7.87. The topological polar surface area (TPSA) is 65.2 Å². The molecule has 0 aromatic rings. The highest BCUT2D eigenvalue weighted by Gasteiger charge is 2.30. The van der Waals surface area contributed by atoms with Gasteiger partial charge in [-0.15, -0.1) is 23.2 Å². The average molecular weight is 285 g/mol. The molecule has 0 spiro atoms. The zero-order chi connectivity index (χ0) is 13.5. The first-order valence-corrected chi connectivity index (χ1v) is 6.38. The SMILES string of the molecule is CNC(CCNC(=O)C(C)(Cl)CCl)(NC)NC. The normalized spacial score (nSPS) is 15.4. The summed E-state index contributed by atoms with van der Waals surface area (Å²) < 4.78 is 0. The van der Waals surface area contributed by atoms with Crippen LogP contribution >= 0.6 is 23.2 Å². The number of amides is 1. The van der Waals surface area contributed by atoms with Crippen LogP contribution in [0.5, 0.6) is 0 Å². The summed E-state index contributed by atoms with van der Waals surface area (Å²) in [6.07, 6.45) is 0.664. The van der Waals surface area contributed by atoms with Gasteiger partial charge in [-0.2, -0.15) is 0 Å². The molecule has 0 aliphatic rings. The smallest absolute Gasteiger partial charge is 0.242 e. The first kappa shape index (κ1) is 16.9. The predicted molar refractivity (Wildman–Crippen MR) is 72.5 cm³/mol. The second kappa shape index (κ2) is 7.38. The lowest BCUT2D eigenvalue weighted by molar-refractivity contribution is -0.122. The fourth-order valence-electron chi connectivity index (χ4n) is 1.36. The summed E-state index contributed by atoms with van der Waals surface area (Å²) in [5.74, 6) is -0.585. The van der Waals surface area contributed by atoms with Gasteiger partial charge in [-0.3, -0.25) is 20.7 Å². The number of hydrogen-bond acceptors (Lipinski definition) is 4. The van der Waals surface area contributed by atoms with Crippen molar-refractivity contribution in [3.05, 3.63) is 0 Å². The highest BCUT2D eigenvalue weighted by molar-refractivity contribution is 6.39. The van der Waals surface area contributed by atoms with E-state index in [0.717, 1.165) is 0 Å². The molecule has 0 saturated carbocycles. The molecule has 0 radical (unpaired) electrons. The average Bonchev–Trinajstić information content (AvgIpc) is 2.35. The van der Waals surface area contributed by atoms with Crippen LogP contribution in [-0.2, 0) is 4.79 Å². The quantitative estimate of drug-likeness (QED) is 0.376. The van der Waals surface area contributed by atoms with Crippen molar-refractivity contribution >= 4 is 29.1 Å². The van der Waals surface area contributed by atoms with E-state index in [-0.39, 0.29) is 11.8 Å². The van der Waals surface area contributed by atoms with Gasteiger partial charge in [-0.05, 0) is 28.1 Å². The minimum atomic E-state index is -1.05. The lowest BCUT2D eigenvalue weighted by atomic mass is 10.1. The first-order valence-electron chi connectivity index (χ1n) is 5.47. The molecule has 0 heterocycles. The molecule has 0 aliphatic heterocycles. The van der Waals surface area contributed by atoms with Gasteiger partial charge in [0.15, 0.2) is 0 Å². The van der Waals surface area contributed by atoms with Gasteiger partial charge >= 0.3 is 0 Å². The Morgan fingerprint density at radius 2 is 1.65 bits per heavy atom. The molecule has 0 fully saturated rings. The molecule has 1 unspecified atom stereocenters. The predicted octanol–water partition coefficient (Wildman–Crippen LogP) is 0.0410. The van der Waals surface area contributed by atoms with E-state index in [1.165, 1.54) is 0 Å². The molecule has 0 bridgehead atoms. The highest BCUT2D eigenvalue weighted by atomic mass is 35.5. The van der Waals surface area contributed by atoms with E-state index in [4.69, 9.17) is 23.2 Å². The summed E-state index contributed by atoms with van der Waals surface area (Å²) in [7, 11) is 5.50. The van der Waals surface area contributed by atoms with Crippen molar-refractivity contribution in [3.63, 3.8) is 0 Å². The Kier molecular flexibility index (Phi) is 7.35. The summed E-state index contributed by atoms with van der Waals surface area (Å²) in [5.41, 5.74) is 0. The monoisotopic (exact) mass is 284 g/mol. The number of hydrogen-bond donors (Lipinski definition) is 4. The molecule has 1 amide bonds. The lowest BCUT2D eigenvalue weighted by Gasteiger charge is -2.33. The van der Waals surface area contributed by atoms with Crippen LogP contribution in [0, 0.1) is 0 Å². The Morgan fingerprint density at radius 1 is 1.18 bits per heavy atom.